The highest BCUT2D eigenvalue weighted by Gasteiger charge is 2.21. The van der Waals surface area contributed by atoms with Crippen molar-refractivity contribution in [3.05, 3.63) is 59.7 Å². The molecule has 4 heteroatoms. The van der Waals surface area contributed by atoms with Gasteiger partial charge in [-0.2, -0.15) is 0 Å². The van der Waals surface area contributed by atoms with Gasteiger partial charge in [0.1, 0.15) is 11.9 Å². The number of hydrogen-bond acceptors (Lipinski definition) is 4. The molecule has 1 aliphatic heterocycles. The number of nitrogens with one attached hydrogen (secondary N) is 2. The molecule has 1 atom stereocenters. The third kappa shape index (κ3) is 3.95. The predicted octanol–water partition coefficient (Wildman–Crippen LogP) is 3.80. The maximum atomic E-state index is 12.2. The highest BCUT2D eigenvalue weighted by Crippen LogP contribution is 2.34. The zero-order valence-electron chi connectivity index (χ0n) is 14.0. The summed E-state index contributed by atoms with van der Waals surface area (Å²) in [5.41, 5.74) is 2.75. The van der Waals surface area contributed by atoms with Crippen LogP contribution >= 0.6 is 0 Å². The molecule has 0 aliphatic carbocycles. The Balaban J connectivity index is 1.64. The number of fused-ring (bicyclic) bond motifs is 1. The summed E-state index contributed by atoms with van der Waals surface area (Å²) in [6, 6.07) is 15.8. The molecule has 0 bridgehead atoms. The summed E-state index contributed by atoms with van der Waals surface area (Å²) in [5.74, 6) is 0.909. The molecule has 2 aromatic carbocycles. The first-order valence-electron chi connectivity index (χ1n) is 8.61. The molecule has 4 nitrogen and oxygen atoms in total. The summed E-state index contributed by atoms with van der Waals surface area (Å²) >= 11 is 0. The second kappa shape index (κ2) is 7.97. The quantitative estimate of drug-likeness (QED) is 0.601. The number of anilines is 1. The van der Waals surface area contributed by atoms with Gasteiger partial charge in [-0.15, -0.1) is 0 Å². The Bertz CT molecular complexity index is 685. The van der Waals surface area contributed by atoms with Gasteiger partial charge in [-0.1, -0.05) is 43.7 Å². The van der Waals surface area contributed by atoms with Crippen LogP contribution in [0, 0.1) is 0 Å². The molecule has 1 unspecified atom stereocenters. The SMILES string of the molecule is CCCCNCC(=O)c1ccc2c(c1)NCC(c1ccccc1)O2. The van der Waals surface area contributed by atoms with E-state index in [2.05, 4.69) is 29.7 Å². The van der Waals surface area contributed by atoms with Gasteiger partial charge in [-0.25, -0.2) is 0 Å². The smallest absolute Gasteiger partial charge is 0.176 e. The van der Waals surface area contributed by atoms with E-state index in [1.807, 2.05) is 36.4 Å². The Morgan fingerprint density at radius 3 is 2.88 bits per heavy atom. The summed E-state index contributed by atoms with van der Waals surface area (Å²) in [6.07, 6.45) is 2.22. The lowest BCUT2D eigenvalue weighted by molar-refractivity contribution is 0.0991. The summed E-state index contributed by atoms with van der Waals surface area (Å²) in [4.78, 5) is 12.2. The Morgan fingerprint density at radius 2 is 2.08 bits per heavy atom. The van der Waals surface area contributed by atoms with E-state index >= 15 is 0 Å². The van der Waals surface area contributed by atoms with Gasteiger partial charge in [0.2, 0.25) is 0 Å². The second-order valence-electron chi connectivity index (χ2n) is 6.06. The van der Waals surface area contributed by atoms with Crippen LogP contribution in [0.2, 0.25) is 0 Å². The third-order valence-corrected chi connectivity index (χ3v) is 4.21. The first-order chi connectivity index (χ1) is 11.8. The standard InChI is InChI=1S/C20H24N2O2/c1-2-3-11-21-13-18(23)16-9-10-19-17(12-16)22-14-20(24-19)15-7-5-4-6-8-15/h4-10,12,20-22H,2-3,11,13-14H2,1H3. The molecule has 0 spiro atoms. The number of ether oxygens (including phenoxy) is 1. The van der Waals surface area contributed by atoms with Crippen molar-refractivity contribution in [1.82, 2.24) is 5.32 Å². The molecule has 0 radical (unpaired) electrons. The Morgan fingerprint density at radius 1 is 1.25 bits per heavy atom. The van der Waals surface area contributed by atoms with Crippen molar-refractivity contribution >= 4 is 11.5 Å². The van der Waals surface area contributed by atoms with Crippen LogP contribution in [0.3, 0.4) is 0 Å². The monoisotopic (exact) mass is 324 g/mol. The highest BCUT2D eigenvalue weighted by atomic mass is 16.5. The zero-order valence-corrected chi connectivity index (χ0v) is 14.0. The molecule has 0 saturated heterocycles. The maximum Gasteiger partial charge on any atom is 0.176 e. The van der Waals surface area contributed by atoms with Crippen molar-refractivity contribution < 1.29 is 9.53 Å². The maximum absolute atomic E-state index is 12.2. The Kier molecular flexibility index (Phi) is 5.49. The molecular weight excluding hydrogens is 300 g/mol. The molecule has 2 N–H and O–H groups in total. The predicted molar refractivity (Wildman–Crippen MR) is 96.9 cm³/mol. The van der Waals surface area contributed by atoms with Crippen molar-refractivity contribution in [1.29, 1.82) is 0 Å². The van der Waals surface area contributed by atoms with E-state index in [1.54, 1.807) is 0 Å². The van der Waals surface area contributed by atoms with Gasteiger partial charge in [-0.3, -0.25) is 4.79 Å². The topological polar surface area (TPSA) is 50.4 Å². The minimum atomic E-state index is -0.00374. The van der Waals surface area contributed by atoms with Crippen molar-refractivity contribution in [3.8, 4) is 5.75 Å². The molecule has 1 aliphatic rings. The molecule has 126 valence electrons. The van der Waals surface area contributed by atoms with Crippen LogP contribution < -0.4 is 15.4 Å². The molecular formula is C20H24N2O2. The van der Waals surface area contributed by atoms with Crippen LogP contribution in [0.15, 0.2) is 48.5 Å². The van der Waals surface area contributed by atoms with E-state index in [0.29, 0.717) is 18.7 Å². The summed E-state index contributed by atoms with van der Waals surface area (Å²) in [6.45, 7) is 4.10. The minimum Gasteiger partial charge on any atom is -0.482 e. The number of carbonyl (C=O) groups excluding carboxylic acids is 1. The number of benzene rings is 2. The van der Waals surface area contributed by atoms with Crippen LogP contribution in [0.5, 0.6) is 5.75 Å². The van der Waals surface area contributed by atoms with Gasteiger partial charge in [0.15, 0.2) is 5.78 Å². The van der Waals surface area contributed by atoms with E-state index in [4.69, 9.17) is 4.74 Å². The molecule has 0 amide bonds. The number of unbranched alkanes of at least 4 members (excludes halogenated alkanes) is 1. The number of ketones is 1. The van der Waals surface area contributed by atoms with Crippen molar-refractivity contribution in [2.24, 2.45) is 0 Å². The largest absolute Gasteiger partial charge is 0.482 e. The first kappa shape index (κ1) is 16.5. The summed E-state index contributed by atoms with van der Waals surface area (Å²) in [7, 11) is 0. The number of Topliss-reactive ketones (excluding diaryl/α,β-unsaturated/α-hetero) is 1. The van der Waals surface area contributed by atoms with Crippen molar-refractivity contribution in [2.75, 3.05) is 25.0 Å². The fourth-order valence-electron chi connectivity index (χ4n) is 2.80. The Labute approximate surface area is 143 Å². The van der Waals surface area contributed by atoms with Crippen LogP contribution in [0.1, 0.15) is 41.8 Å². The van der Waals surface area contributed by atoms with E-state index in [0.717, 1.165) is 36.4 Å². The van der Waals surface area contributed by atoms with Crippen LogP contribution in [0.4, 0.5) is 5.69 Å². The fourth-order valence-corrected chi connectivity index (χ4v) is 2.80. The molecule has 2 aromatic rings. The highest BCUT2D eigenvalue weighted by molar-refractivity contribution is 5.98. The van der Waals surface area contributed by atoms with E-state index in [-0.39, 0.29) is 11.9 Å². The van der Waals surface area contributed by atoms with Gasteiger partial charge < -0.3 is 15.4 Å². The number of hydrogen-bond donors (Lipinski definition) is 2. The van der Waals surface area contributed by atoms with Crippen molar-refractivity contribution in [2.45, 2.75) is 25.9 Å². The summed E-state index contributed by atoms with van der Waals surface area (Å²) in [5, 5.41) is 6.58. The average Bonchev–Trinajstić information content (AvgIpc) is 2.65. The number of carbonyl (C=O) groups is 1. The molecule has 0 aromatic heterocycles. The van der Waals surface area contributed by atoms with Gasteiger partial charge in [0.05, 0.1) is 18.8 Å². The van der Waals surface area contributed by atoms with Gasteiger partial charge in [0, 0.05) is 5.56 Å². The van der Waals surface area contributed by atoms with Crippen LogP contribution in [-0.4, -0.2) is 25.4 Å². The van der Waals surface area contributed by atoms with Gasteiger partial charge in [0.25, 0.3) is 0 Å². The van der Waals surface area contributed by atoms with Gasteiger partial charge in [-0.05, 0) is 36.7 Å². The number of rotatable bonds is 7. The first-order valence-corrected chi connectivity index (χ1v) is 8.61. The summed E-state index contributed by atoms with van der Waals surface area (Å²) < 4.78 is 6.08. The van der Waals surface area contributed by atoms with E-state index < -0.39 is 0 Å². The van der Waals surface area contributed by atoms with E-state index in [1.165, 1.54) is 0 Å². The lowest BCUT2D eigenvalue weighted by Gasteiger charge is -2.28. The average molecular weight is 324 g/mol. The van der Waals surface area contributed by atoms with Gasteiger partial charge >= 0.3 is 0 Å². The third-order valence-electron chi connectivity index (χ3n) is 4.21. The minimum absolute atomic E-state index is 0.00374. The molecule has 0 fully saturated rings. The normalized spacial score (nSPS) is 16.0. The van der Waals surface area contributed by atoms with Crippen molar-refractivity contribution in [3.63, 3.8) is 0 Å². The molecule has 1 heterocycles. The van der Waals surface area contributed by atoms with Crippen LogP contribution in [0.25, 0.3) is 0 Å². The van der Waals surface area contributed by atoms with E-state index in [9.17, 15) is 4.79 Å². The zero-order chi connectivity index (χ0) is 16.8. The lowest BCUT2D eigenvalue weighted by Crippen LogP contribution is -2.25. The fraction of sp³-hybridized carbons (Fsp3) is 0.350. The second-order valence-corrected chi connectivity index (χ2v) is 6.06. The molecule has 24 heavy (non-hydrogen) atoms. The van der Waals surface area contributed by atoms with Crippen LogP contribution in [-0.2, 0) is 0 Å². The molecule has 0 saturated carbocycles. The molecule has 3 rings (SSSR count). The lowest BCUT2D eigenvalue weighted by atomic mass is 10.1. The Hall–Kier alpha value is -2.33.